The zero-order valence-electron chi connectivity index (χ0n) is 12.8. The zero-order valence-corrected chi connectivity index (χ0v) is 12.8. The van der Waals surface area contributed by atoms with Crippen molar-refractivity contribution in [1.29, 1.82) is 0 Å². The molecule has 0 radical (unpaired) electrons. The molecule has 5 heteroatoms. The first-order valence-corrected chi connectivity index (χ1v) is 8.13. The molecule has 0 amide bonds. The Morgan fingerprint density at radius 2 is 2.09 bits per heavy atom. The quantitative estimate of drug-likeness (QED) is 0.864. The monoisotopic (exact) mass is 298 g/mol. The van der Waals surface area contributed by atoms with Crippen molar-refractivity contribution in [3.63, 3.8) is 0 Å². The molecule has 3 heterocycles. The van der Waals surface area contributed by atoms with E-state index in [-0.39, 0.29) is 0 Å². The summed E-state index contributed by atoms with van der Waals surface area (Å²) in [6.45, 7) is 7.55. The Hall–Kier alpha value is -1.72. The van der Waals surface area contributed by atoms with Crippen LogP contribution < -0.4 is 4.90 Å². The van der Waals surface area contributed by atoms with Crippen LogP contribution in [-0.4, -0.2) is 60.8 Å². The minimum Gasteiger partial charge on any atom is -0.381 e. The largest absolute Gasteiger partial charge is 0.381 e. The summed E-state index contributed by atoms with van der Waals surface area (Å²) in [6.07, 6.45) is 4.72. The van der Waals surface area contributed by atoms with E-state index in [9.17, 15) is 0 Å². The third kappa shape index (κ3) is 2.91. The van der Waals surface area contributed by atoms with E-state index in [0.717, 1.165) is 56.2 Å². The van der Waals surface area contributed by atoms with Crippen LogP contribution >= 0.6 is 0 Å². The lowest BCUT2D eigenvalue weighted by molar-refractivity contribution is 0.164. The standard InChI is InChI=1S/C17H22N4O/c1-2-17-15(10-18-13-19-17)9-16(1)21-6-4-20(5-7-21)11-14-3-8-22-12-14/h1-2,9-10,13-14H,3-8,11-12H2. The maximum absolute atomic E-state index is 5.48. The molecule has 1 aromatic carbocycles. The summed E-state index contributed by atoms with van der Waals surface area (Å²) in [5, 5.41) is 1.12. The summed E-state index contributed by atoms with van der Waals surface area (Å²) in [6, 6.07) is 6.47. The van der Waals surface area contributed by atoms with Gasteiger partial charge in [-0.1, -0.05) is 0 Å². The van der Waals surface area contributed by atoms with Crippen LogP contribution in [0.3, 0.4) is 0 Å². The van der Waals surface area contributed by atoms with Gasteiger partial charge in [-0.15, -0.1) is 0 Å². The third-order valence-electron chi connectivity index (χ3n) is 4.77. The Morgan fingerprint density at radius 3 is 2.91 bits per heavy atom. The van der Waals surface area contributed by atoms with Crippen molar-refractivity contribution >= 4 is 16.6 Å². The number of hydrogen-bond donors (Lipinski definition) is 0. The number of nitrogens with zero attached hydrogens (tertiary/aromatic N) is 4. The van der Waals surface area contributed by atoms with E-state index in [1.54, 1.807) is 6.33 Å². The molecule has 0 aliphatic carbocycles. The molecule has 2 aromatic rings. The summed E-state index contributed by atoms with van der Waals surface area (Å²) < 4.78 is 5.48. The second kappa shape index (κ2) is 6.18. The van der Waals surface area contributed by atoms with Crippen molar-refractivity contribution < 1.29 is 4.74 Å². The van der Waals surface area contributed by atoms with E-state index >= 15 is 0 Å². The van der Waals surface area contributed by atoms with Crippen LogP contribution in [-0.2, 0) is 4.74 Å². The fourth-order valence-electron chi connectivity index (χ4n) is 3.45. The lowest BCUT2D eigenvalue weighted by Crippen LogP contribution is -2.47. The topological polar surface area (TPSA) is 41.5 Å². The molecule has 0 bridgehead atoms. The highest BCUT2D eigenvalue weighted by atomic mass is 16.5. The fourth-order valence-corrected chi connectivity index (χ4v) is 3.45. The van der Waals surface area contributed by atoms with Gasteiger partial charge in [0, 0.05) is 56.6 Å². The summed E-state index contributed by atoms with van der Waals surface area (Å²) in [7, 11) is 0. The molecule has 2 aliphatic heterocycles. The van der Waals surface area contributed by atoms with Crippen LogP contribution in [0, 0.1) is 5.92 Å². The van der Waals surface area contributed by atoms with Crippen molar-refractivity contribution in [1.82, 2.24) is 14.9 Å². The SMILES string of the molecule is c1ncc2cc(N3CCN(CC4CCOC4)CC3)ccc2n1. The normalized spacial score (nSPS) is 23.3. The average Bonchev–Trinajstić information content (AvgIpc) is 3.08. The van der Waals surface area contributed by atoms with E-state index in [0.29, 0.717) is 0 Å². The Morgan fingerprint density at radius 1 is 1.18 bits per heavy atom. The maximum Gasteiger partial charge on any atom is 0.116 e. The number of aromatic nitrogens is 2. The molecule has 0 N–H and O–H groups in total. The first-order valence-electron chi connectivity index (χ1n) is 8.13. The Labute approximate surface area is 130 Å². The lowest BCUT2D eigenvalue weighted by atomic mass is 10.1. The molecule has 1 unspecified atom stereocenters. The summed E-state index contributed by atoms with van der Waals surface area (Å²) in [5.41, 5.74) is 2.30. The highest BCUT2D eigenvalue weighted by Crippen LogP contribution is 2.22. The lowest BCUT2D eigenvalue weighted by Gasteiger charge is -2.37. The molecule has 22 heavy (non-hydrogen) atoms. The van der Waals surface area contributed by atoms with Gasteiger partial charge in [0.15, 0.2) is 0 Å². The van der Waals surface area contributed by atoms with Crippen molar-refractivity contribution in [3.8, 4) is 0 Å². The Kier molecular flexibility index (Phi) is 3.91. The Balaban J connectivity index is 1.39. The molecular formula is C17H22N4O. The van der Waals surface area contributed by atoms with E-state index in [4.69, 9.17) is 4.74 Å². The number of rotatable bonds is 3. The molecular weight excluding hydrogens is 276 g/mol. The average molecular weight is 298 g/mol. The summed E-state index contributed by atoms with van der Waals surface area (Å²) in [5.74, 6) is 0.740. The molecule has 4 rings (SSSR count). The number of anilines is 1. The van der Waals surface area contributed by atoms with Gasteiger partial charge in [-0.25, -0.2) is 9.97 Å². The van der Waals surface area contributed by atoms with Crippen molar-refractivity contribution in [3.05, 3.63) is 30.7 Å². The van der Waals surface area contributed by atoms with Gasteiger partial charge in [-0.3, -0.25) is 4.90 Å². The van der Waals surface area contributed by atoms with Gasteiger partial charge in [0.2, 0.25) is 0 Å². The number of piperazine rings is 1. The summed E-state index contributed by atoms with van der Waals surface area (Å²) in [4.78, 5) is 13.5. The molecule has 116 valence electrons. The highest BCUT2D eigenvalue weighted by Gasteiger charge is 2.22. The fraction of sp³-hybridized carbons (Fsp3) is 0.529. The number of ether oxygens (including phenoxy) is 1. The molecule has 0 spiro atoms. The predicted molar refractivity (Wildman–Crippen MR) is 87.1 cm³/mol. The van der Waals surface area contributed by atoms with Crippen molar-refractivity contribution in [2.45, 2.75) is 6.42 Å². The maximum atomic E-state index is 5.48. The summed E-state index contributed by atoms with van der Waals surface area (Å²) >= 11 is 0. The van der Waals surface area contributed by atoms with Crippen LogP contribution in [0.2, 0.25) is 0 Å². The van der Waals surface area contributed by atoms with Gasteiger partial charge in [0.25, 0.3) is 0 Å². The molecule has 5 nitrogen and oxygen atoms in total. The van der Waals surface area contributed by atoms with Gasteiger partial charge >= 0.3 is 0 Å². The van der Waals surface area contributed by atoms with Crippen molar-refractivity contribution in [2.24, 2.45) is 5.92 Å². The van der Waals surface area contributed by atoms with Crippen LogP contribution in [0.5, 0.6) is 0 Å². The van der Waals surface area contributed by atoms with Crippen LogP contribution in [0.15, 0.2) is 30.7 Å². The first-order chi connectivity index (χ1) is 10.9. The van der Waals surface area contributed by atoms with E-state index in [2.05, 4.69) is 38.0 Å². The second-order valence-corrected chi connectivity index (χ2v) is 6.28. The van der Waals surface area contributed by atoms with Gasteiger partial charge < -0.3 is 9.64 Å². The minimum absolute atomic E-state index is 0.740. The van der Waals surface area contributed by atoms with Crippen LogP contribution in [0.4, 0.5) is 5.69 Å². The number of hydrogen-bond acceptors (Lipinski definition) is 5. The molecule has 1 aromatic heterocycles. The van der Waals surface area contributed by atoms with Crippen LogP contribution in [0.25, 0.3) is 10.9 Å². The highest BCUT2D eigenvalue weighted by molar-refractivity contribution is 5.81. The first kappa shape index (κ1) is 13.9. The Bertz CT molecular complexity index is 633. The van der Waals surface area contributed by atoms with Gasteiger partial charge in [-0.05, 0) is 30.5 Å². The van der Waals surface area contributed by atoms with Crippen LogP contribution in [0.1, 0.15) is 6.42 Å². The van der Waals surface area contributed by atoms with Gasteiger partial charge in [0.1, 0.15) is 6.33 Å². The molecule has 0 saturated carbocycles. The minimum atomic E-state index is 0.740. The molecule has 2 fully saturated rings. The molecule has 2 saturated heterocycles. The second-order valence-electron chi connectivity index (χ2n) is 6.28. The number of fused-ring (bicyclic) bond motifs is 1. The predicted octanol–water partition coefficient (Wildman–Crippen LogP) is 1.79. The molecule has 1 atom stereocenters. The third-order valence-corrected chi connectivity index (χ3v) is 4.77. The van der Waals surface area contributed by atoms with Crippen molar-refractivity contribution in [2.75, 3.05) is 50.8 Å². The van der Waals surface area contributed by atoms with E-state index in [1.165, 1.54) is 18.7 Å². The molecule has 2 aliphatic rings. The van der Waals surface area contributed by atoms with E-state index in [1.807, 2.05) is 6.20 Å². The smallest absolute Gasteiger partial charge is 0.116 e. The zero-order chi connectivity index (χ0) is 14.8. The van der Waals surface area contributed by atoms with E-state index < -0.39 is 0 Å². The number of benzene rings is 1. The van der Waals surface area contributed by atoms with Gasteiger partial charge in [-0.2, -0.15) is 0 Å². The van der Waals surface area contributed by atoms with Gasteiger partial charge in [0.05, 0.1) is 12.1 Å².